The molecule has 0 aliphatic rings. The van der Waals surface area contributed by atoms with Gasteiger partial charge in [-0.15, -0.1) is 0 Å². The molecule has 8 nitrogen and oxygen atoms in total. The van der Waals surface area contributed by atoms with E-state index in [9.17, 15) is 13.2 Å². The van der Waals surface area contributed by atoms with E-state index in [1.54, 1.807) is 31.4 Å². The predicted molar refractivity (Wildman–Crippen MR) is 101 cm³/mol. The summed E-state index contributed by atoms with van der Waals surface area (Å²) in [7, 11) is 1.88. The summed E-state index contributed by atoms with van der Waals surface area (Å²) in [6, 6.07) is 11.0. The van der Waals surface area contributed by atoms with Crippen LogP contribution < -0.4 is 19.5 Å². The van der Waals surface area contributed by atoms with Crippen molar-refractivity contribution in [1.82, 2.24) is 4.31 Å². The number of methoxy groups -OCH3 is 3. The lowest BCUT2D eigenvalue weighted by Gasteiger charge is -2.18. The first kappa shape index (κ1) is 20.5. The Labute approximate surface area is 158 Å². The third-order valence-corrected chi connectivity index (χ3v) is 5.60. The summed E-state index contributed by atoms with van der Waals surface area (Å²) >= 11 is 0. The largest absolute Gasteiger partial charge is 0.497 e. The number of sulfonamides is 1. The molecule has 9 heteroatoms. The number of rotatable bonds is 8. The lowest BCUT2D eigenvalue weighted by molar-refractivity contribution is -0.116. The molecule has 0 unspecified atom stereocenters. The Kier molecular flexibility index (Phi) is 6.65. The van der Waals surface area contributed by atoms with Gasteiger partial charge in [0.2, 0.25) is 15.9 Å². The highest BCUT2D eigenvalue weighted by Crippen LogP contribution is 2.30. The monoisotopic (exact) mass is 394 g/mol. The van der Waals surface area contributed by atoms with E-state index in [2.05, 4.69) is 5.32 Å². The molecule has 0 atom stereocenters. The van der Waals surface area contributed by atoms with Gasteiger partial charge in [0.25, 0.3) is 0 Å². The number of nitrogens with one attached hydrogen (secondary N) is 1. The third kappa shape index (κ3) is 4.89. The summed E-state index contributed by atoms with van der Waals surface area (Å²) < 4.78 is 41.7. The molecule has 0 aliphatic carbocycles. The van der Waals surface area contributed by atoms with Crippen LogP contribution in [0.25, 0.3) is 0 Å². The first-order valence-corrected chi connectivity index (χ1v) is 9.38. The van der Waals surface area contributed by atoms with Gasteiger partial charge in [0.15, 0.2) is 11.5 Å². The average Bonchev–Trinajstić information content (AvgIpc) is 2.67. The minimum absolute atomic E-state index is 0.0000949. The van der Waals surface area contributed by atoms with Crippen molar-refractivity contribution in [2.75, 3.05) is 40.2 Å². The van der Waals surface area contributed by atoms with E-state index in [-0.39, 0.29) is 17.2 Å². The van der Waals surface area contributed by atoms with Crippen LogP contribution >= 0.6 is 0 Å². The molecule has 146 valence electrons. The van der Waals surface area contributed by atoms with Gasteiger partial charge >= 0.3 is 0 Å². The molecule has 0 aliphatic heterocycles. The van der Waals surface area contributed by atoms with Crippen LogP contribution in [-0.2, 0) is 14.8 Å². The van der Waals surface area contributed by atoms with Gasteiger partial charge in [-0.3, -0.25) is 4.79 Å². The van der Waals surface area contributed by atoms with Crippen LogP contribution in [0.4, 0.5) is 5.69 Å². The van der Waals surface area contributed by atoms with Crippen molar-refractivity contribution in [1.29, 1.82) is 0 Å². The van der Waals surface area contributed by atoms with Gasteiger partial charge in [0, 0.05) is 18.8 Å². The number of hydrogen-bond donors (Lipinski definition) is 1. The van der Waals surface area contributed by atoms with E-state index >= 15 is 0 Å². The van der Waals surface area contributed by atoms with Gasteiger partial charge < -0.3 is 19.5 Å². The Morgan fingerprint density at radius 1 is 0.963 bits per heavy atom. The van der Waals surface area contributed by atoms with Crippen LogP contribution in [0, 0.1) is 0 Å². The minimum atomic E-state index is -3.88. The van der Waals surface area contributed by atoms with E-state index in [4.69, 9.17) is 14.2 Å². The van der Waals surface area contributed by atoms with E-state index < -0.39 is 15.9 Å². The molecular weight excluding hydrogens is 372 g/mol. The van der Waals surface area contributed by atoms with Gasteiger partial charge in [0.05, 0.1) is 32.8 Å². The second-order valence-electron chi connectivity index (χ2n) is 5.55. The van der Waals surface area contributed by atoms with Gasteiger partial charge in [-0.1, -0.05) is 0 Å². The molecule has 2 aromatic rings. The maximum atomic E-state index is 12.7. The van der Waals surface area contributed by atoms with Crippen molar-refractivity contribution in [3.8, 4) is 17.2 Å². The van der Waals surface area contributed by atoms with Crippen molar-refractivity contribution < 1.29 is 27.4 Å². The normalized spacial score (nSPS) is 11.1. The molecule has 2 aromatic carbocycles. The number of carbonyl (C=O) groups excluding carboxylic acids is 1. The highest BCUT2D eigenvalue weighted by Gasteiger charge is 2.24. The smallest absolute Gasteiger partial charge is 0.243 e. The molecule has 0 fully saturated rings. The summed E-state index contributed by atoms with van der Waals surface area (Å²) in [4.78, 5) is 12.2. The molecule has 0 radical (unpaired) electrons. The number of benzene rings is 2. The van der Waals surface area contributed by atoms with E-state index in [0.717, 1.165) is 4.31 Å². The van der Waals surface area contributed by atoms with Gasteiger partial charge in [-0.05, 0) is 36.4 Å². The maximum Gasteiger partial charge on any atom is 0.243 e. The Bertz CT molecular complexity index is 897. The first-order valence-electron chi connectivity index (χ1n) is 7.94. The van der Waals surface area contributed by atoms with E-state index in [0.29, 0.717) is 17.2 Å². The lowest BCUT2D eigenvalue weighted by Crippen LogP contribution is -2.35. The molecule has 0 aromatic heterocycles. The fraction of sp³-hybridized carbons (Fsp3) is 0.278. The average molecular weight is 394 g/mol. The zero-order valence-electron chi connectivity index (χ0n) is 15.6. The van der Waals surface area contributed by atoms with Crippen LogP contribution in [0.2, 0.25) is 0 Å². The molecule has 27 heavy (non-hydrogen) atoms. The Balaban J connectivity index is 2.10. The molecule has 0 spiro atoms. The second-order valence-corrected chi connectivity index (χ2v) is 7.60. The lowest BCUT2D eigenvalue weighted by atomic mass is 10.3. The molecular formula is C18H22N2O6S. The molecule has 0 heterocycles. The number of likely N-dealkylation sites (N-methyl/N-ethyl adjacent to an activating group) is 1. The van der Waals surface area contributed by atoms with Crippen molar-refractivity contribution in [2.24, 2.45) is 0 Å². The van der Waals surface area contributed by atoms with Crippen LogP contribution in [0.3, 0.4) is 0 Å². The van der Waals surface area contributed by atoms with Crippen LogP contribution in [0.1, 0.15) is 0 Å². The predicted octanol–water partition coefficient (Wildman–Crippen LogP) is 1.97. The SMILES string of the molecule is COc1ccc(NC(=O)CN(C)S(=O)(=O)c2ccc(OC)c(OC)c2)cc1. The topological polar surface area (TPSA) is 94.2 Å². The van der Waals surface area contributed by atoms with Gasteiger partial charge in [0.1, 0.15) is 5.75 Å². The van der Waals surface area contributed by atoms with E-state index in [1.807, 2.05) is 0 Å². The molecule has 0 saturated carbocycles. The molecule has 2 rings (SSSR count). The maximum absolute atomic E-state index is 12.7. The minimum Gasteiger partial charge on any atom is -0.497 e. The molecule has 0 bridgehead atoms. The van der Waals surface area contributed by atoms with Crippen LogP contribution in [0.15, 0.2) is 47.4 Å². The van der Waals surface area contributed by atoms with Crippen molar-refractivity contribution >= 4 is 21.6 Å². The quantitative estimate of drug-likeness (QED) is 0.736. The number of hydrogen-bond acceptors (Lipinski definition) is 6. The Morgan fingerprint density at radius 3 is 2.15 bits per heavy atom. The van der Waals surface area contributed by atoms with Crippen molar-refractivity contribution in [3.05, 3.63) is 42.5 Å². The van der Waals surface area contributed by atoms with Crippen molar-refractivity contribution in [3.63, 3.8) is 0 Å². The molecule has 1 amide bonds. The number of carbonyl (C=O) groups is 1. The van der Waals surface area contributed by atoms with Gasteiger partial charge in [-0.25, -0.2) is 8.42 Å². The fourth-order valence-corrected chi connectivity index (χ4v) is 3.46. The number of nitrogens with zero attached hydrogens (tertiary/aromatic N) is 1. The third-order valence-electron chi connectivity index (χ3n) is 3.80. The highest BCUT2D eigenvalue weighted by atomic mass is 32.2. The number of anilines is 1. The van der Waals surface area contributed by atoms with Gasteiger partial charge in [-0.2, -0.15) is 4.31 Å². The Hall–Kier alpha value is -2.78. The summed E-state index contributed by atoms with van der Waals surface area (Å²) in [5, 5.41) is 2.64. The van der Waals surface area contributed by atoms with Crippen LogP contribution in [-0.4, -0.2) is 53.6 Å². The number of ether oxygens (including phenoxy) is 3. The van der Waals surface area contributed by atoms with Crippen molar-refractivity contribution in [2.45, 2.75) is 4.90 Å². The molecule has 0 saturated heterocycles. The zero-order valence-corrected chi connectivity index (χ0v) is 16.4. The highest BCUT2D eigenvalue weighted by molar-refractivity contribution is 7.89. The standard InChI is InChI=1S/C18H22N2O6S/c1-20(12-18(21)19-13-5-7-14(24-2)8-6-13)27(22,23)15-9-10-16(25-3)17(11-15)26-4/h5-11H,12H2,1-4H3,(H,19,21). The fourth-order valence-electron chi connectivity index (χ4n) is 2.32. The summed E-state index contributed by atoms with van der Waals surface area (Å²) in [5.74, 6) is 0.888. The molecule has 1 N–H and O–H groups in total. The van der Waals surface area contributed by atoms with Crippen LogP contribution in [0.5, 0.6) is 17.2 Å². The van der Waals surface area contributed by atoms with E-state index in [1.165, 1.54) is 39.5 Å². The Morgan fingerprint density at radius 2 is 1.59 bits per heavy atom. The summed E-state index contributed by atoms with van der Waals surface area (Å²) in [6.07, 6.45) is 0. The number of amides is 1. The first-order chi connectivity index (χ1) is 12.8. The zero-order chi connectivity index (χ0) is 20.0. The second kappa shape index (κ2) is 8.74. The summed E-state index contributed by atoms with van der Waals surface area (Å²) in [5.41, 5.74) is 0.540. The summed E-state index contributed by atoms with van der Waals surface area (Å²) in [6.45, 7) is -0.345.